The van der Waals surface area contributed by atoms with E-state index in [2.05, 4.69) is 34.1 Å². The molecular formula is C22H21ClN6O3S2. The van der Waals surface area contributed by atoms with Crippen molar-refractivity contribution in [2.24, 2.45) is 5.92 Å². The van der Waals surface area contributed by atoms with Crippen LogP contribution in [0.5, 0.6) is 0 Å². The topological polar surface area (TPSA) is 129 Å². The Kier molecular flexibility index (Phi) is 6.58. The predicted molar refractivity (Wildman–Crippen MR) is 130 cm³/mol. The maximum Gasteiger partial charge on any atom is 0.230 e. The molecule has 0 saturated carbocycles. The molecule has 3 aromatic rings. The van der Waals surface area contributed by atoms with Gasteiger partial charge in [-0.1, -0.05) is 48.9 Å². The van der Waals surface area contributed by atoms with Crippen molar-refractivity contribution in [3.05, 3.63) is 57.3 Å². The molecule has 176 valence electrons. The maximum atomic E-state index is 12.6. The van der Waals surface area contributed by atoms with Gasteiger partial charge in [-0.25, -0.2) is 18.4 Å². The van der Waals surface area contributed by atoms with Gasteiger partial charge in [0, 0.05) is 6.26 Å². The van der Waals surface area contributed by atoms with Gasteiger partial charge in [0.05, 0.1) is 40.7 Å². The van der Waals surface area contributed by atoms with E-state index >= 15 is 0 Å². The summed E-state index contributed by atoms with van der Waals surface area (Å²) in [5.74, 6) is 0.369. The van der Waals surface area contributed by atoms with E-state index in [0.29, 0.717) is 23.2 Å². The molecule has 3 heterocycles. The molecule has 2 aromatic heterocycles. The zero-order chi connectivity index (χ0) is 24.6. The first-order chi connectivity index (χ1) is 16.1. The number of sulfone groups is 1. The minimum atomic E-state index is -3.28. The van der Waals surface area contributed by atoms with Crippen LogP contribution >= 0.6 is 22.9 Å². The van der Waals surface area contributed by atoms with Crippen LogP contribution in [0.3, 0.4) is 0 Å². The van der Waals surface area contributed by atoms with Crippen molar-refractivity contribution in [1.29, 1.82) is 5.26 Å². The van der Waals surface area contributed by atoms with Gasteiger partial charge in [0.25, 0.3) is 0 Å². The summed E-state index contributed by atoms with van der Waals surface area (Å²) < 4.78 is 23.2. The fraction of sp³-hybridized carbons (Fsp3) is 0.318. The van der Waals surface area contributed by atoms with Gasteiger partial charge in [0.1, 0.15) is 11.6 Å². The molecular weight excluding hydrogens is 496 g/mol. The van der Waals surface area contributed by atoms with Gasteiger partial charge in [-0.2, -0.15) is 10.2 Å². The van der Waals surface area contributed by atoms with E-state index in [1.807, 2.05) is 11.0 Å². The summed E-state index contributed by atoms with van der Waals surface area (Å²) in [7, 11) is -3.28. The minimum absolute atomic E-state index is 0.103. The molecule has 1 amide bonds. The Balaban J connectivity index is 1.48. The minimum Gasteiger partial charge on any atom is -0.327 e. The number of fused-ring (bicyclic) bond motifs is 1. The molecule has 1 aromatic carbocycles. The number of hydrogen-bond acceptors (Lipinski definition) is 9. The zero-order valence-corrected chi connectivity index (χ0v) is 21.0. The van der Waals surface area contributed by atoms with Crippen LogP contribution < -0.4 is 10.2 Å². The highest BCUT2D eigenvalue weighted by molar-refractivity contribution is 7.90. The summed E-state index contributed by atoms with van der Waals surface area (Å²) in [4.78, 5) is 29.0. The number of benzene rings is 1. The van der Waals surface area contributed by atoms with Gasteiger partial charge in [0.15, 0.2) is 20.1 Å². The summed E-state index contributed by atoms with van der Waals surface area (Å²) in [6, 6.07) is 8.11. The first kappa shape index (κ1) is 24.1. The molecule has 0 radical (unpaired) electrons. The second kappa shape index (κ2) is 9.29. The SMILES string of the molecule is CC(C)[C@H]1c2nc(NC(=O)Cc3ccc(S(C)(=O)=O)cc3)sc2CN1c1ncc(C#N)c(Cl)n1. The molecule has 9 nitrogen and oxygen atoms in total. The first-order valence-corrected chi connectivity index (χ1v) is 13.4. The van der Waals surface area contributed by atoms with E-state index in [9.17, 15) is 13.2 Å². The largest absolute Gasteiger partial charge is 0.327 e. The van der Waals surface area contributed by atoms with Gasteiger partial charge in [-0.15, -0.1) is 0 Å². The number of anilines is 2. The average molecular weight is 517 g/mol. The van der Waals surface area contributed by atoms with Crippen LogP contribution in [0.1, 0.15) is 41.6 Å². The van der Waals surface area contributed by atoms with Crippen LogP contribution in [0.2, 0.25) is 5.15 Å². The van der Waals surface area contributed by atoms with Gasteiger partial charge in [-0.05, 0) is 23.6 Å². The van der Waals surface area contributed by atoms with E-state index in [4.69, 9.17) is 16.9 Å². The molecule has 1 aliphatic heterocycles. The summed E-state index contributed by atoms with van der Waals surface area (Å²) in [5.41, 5.74) is 1.78. The molecule has 1 atom stereocenters. The van der Waals surface area contributed by atoms with Crippen molar-refractivity contribution in [2.45, 2.75) is 37.8 Å². The van der Waals surface area contributed by atoms with E-state index in [1.165, 1.54) is 29.7 Å². The molecule has 0 saturated heterocycles. The highest BCUT2D eigenvalue weighted by atomic mass is 35.5. The number of hydrogen-bond donors (Lipinski definition) is 1. The normalized spacial score (nSPS) is 15.3. The van der Waals surface area contributed by atoms with Crippen molar-refractivity contribution in [3.63, 3.8) is 0 Å². The van der Waals surface area contributed by atoms with Gasteiger partial charge < -0.3 is 10.2 Å². The maximum absolute atomic E-state index is 12.6. The third kappa shape index (κ3) is 4.89. The van der Waals surface area contributed by atoms with Crippen molar-refractivity contribution in [2.75, 3.05) is 16.5 Å². The highest BCUT2D eigenvalue weighted by Gasteiger charge is 2.38. The molecule has 0 unspecified atom stereocenters. The van der Waals surface area contributed by atoms with Crippen molar-refractivity contribution < 1.29 is 13.2 Å². The molecule has 1 N–H and O–H groups in total. The number of nitrogens with one attached hydrogen (secondary N) is 1. The summed E-state index contributed by atoms with van der Waals surface area (Å²) >= 11 is 7.50. The predicted octanol–water partition coefficient (Wildman–Crippen LogP) is 3.76. The van der Waals surface area contributed by atoms with Crippen LogP contribution in [0.25, 0.3) is 0 Å². The molecule has 0 spiro atoms. The Labute approximate surface area is 206 Å². The van der Waals surface area contributed by atoms with E-state index < -0.39 is 9.84 Å². The van der Waals surface area contributed by atoms with Crippen molar-refractivity contribution >= 4 is 49.8 Å². The third-order valence-corrected chi connectivity index (χ3v) is 7.75. The Bertz CT molecular complexity index is 1400. The van der Waals surface area contributed by atoms with Gasteiger partial charge in [-0.3, -0.25) is 4.79 Å². The monoisotopic (exact) mass is 516 g/mol. The molecule has 0 bridgehead atoms. The molecule has 0 aliphatic carbocycles. The lowest BCUT2D eigenvalue weighted by molar-refractivity contribution is -0.115. The molecule has 1 aliphatic rings. The fourth-order valence-corrected chi connectivity index (χ4v) is 5.62. The zero-order valence-electron chi connectivity index (χ0n) is 18.6. The summed E-state index contributed by atoms with van der Waals surface area (Å²) in [5, 5.41) is 12.5. The number of amides is 1. The number of carbonyl (C=O) groups is 1. The van der Waals surface area contributed by atoms with Crippen LogP contribution in [-0.4, -0.2) is 35.5 Å². The van der Waals surface area contributed by atoms with Crippen molar-refractivity contribution in [1.82, 2.24) is 15.0 Å². The first-order valence-electron chi connectivity index (χ1n) is 10.3. The number of carbonyl (C=O) groups excluding carboxylic acids is 1. The average Bonchev–Trinajstić information content (AvgIpc) is 3.30. The van der Waals surface area contributed by atoms with Crippen LogP contribution in [0.4, 0.5) is 11.1 Å². The van der Waals surface area contributed by atoms with Gasteiger partial charge in [0.2, 0.25) is 11.9 Å². The van der Waals surface area contributed by atoms with E-state index in [1.54, 1.807) is 12.1 Å². The standard InChI is InChI=1S/C22H21ClN6O3S2/c1-12(2)19-18-16(11-29(19)21-25-10-14(9-24)20(23)28-21)33-22(27-18)26-17(30)8-13-4-6-15(7-5-13)34(3,31)32/h4-7,10,12,19H,8,11H2,1-3H3,(H,26,27,30)/t19-/m0/s1. The number of rotatable bonds is 6. The highest BCUT2D eigenvalue weighted by Crippen LogP contribution is 2.43. The van der Waals surface area contributed by atoms with Crippen LogP contribution in [-0.2, 0) is 27.6 Å². The summed E-state index contributed by atoms with van der Waals surface area (Å²) in [6.45, 7) is 4.65. The van der Waals surface area contributed by atoms with Crippen molar-refractivity contribution in [3.8, 4) is 6.07 Å². The lowest BCUT2D eigenvalue weighted by Crippen LogP contribution is -2.28. The second-order valence-corrected chi connectivity index (χ2v) is 11.7. The Hall–Kier alpha value is -3.07. The number of nitrogens with zero attached hydrogens (tertiary/aromatic N) is 5. The fourth-order valence-electron chi connectivity index (χ4n) is 3.80. The van der Waals surface area contributed by atoms with Crippen LogP contribution in [0.15, 0.2) is 35.4 Å². The second-order valence-electron chi connectivity index (χ2n) is 8.27. The lowest BCUT2D eigenvalue weighted by Gasteiger charge is -2.27. The van der Waals surface area contributed by atoms with Crippen LogP contribution in [0, 0.1) is 17.2 Å². The van der Waals surface area contributed by atoms with E-state index in [0.717, 1.165) is 16.8 Å². The molecule has 12 heteroatoms. The number of thiazole rings is 1. The smallest absolute Gasteiger partial charge is 0.230 e. The molecule has 4 rings (SSSR count). The Morgan fingerprint density at radius 2 is 2.03 bits per heavy atom. The number of nitriles is 1. The number of halogens is 1. The third-order valence-electron chi connectivity index (χ3n) is 5.36. The Morgan fingerprint density at radius 3 is 2.62 bits per heavy atom. The lowest BCUT2D eigenvalue weighted by atomic mass is 10.0. The molecule has 34 heavy (non-hydrogen) atoms. The molecule has 0 fully saturated rings. The Morgan fingerprint density at radius 1 is 1.32 bits per heavy atom. The quantitative estimate of drug-likeness (QED) is 0.490. The van der Waals surface area contributed by atoms with E-state index in [-0.39, 0.29) is 39.9 Å². The number of aromatic nitrogens is 3. The van der Waals surface area contributed by atoms with Gasteiger partial charge >= 0.3 is 0 Å². The summed E-state index contributed by atoms with van der Waals surface area (Å²) in [6.07, 6.45) is 2.66.